The van der Waals surface area contributed by atoms with Crippen LogP contribution in [0.3, 0.4) is 0 Å². The lowest BCUT2D eigenvalue weighted by molar-refractivity contribution is 0.102. The molecular weight excluding hydrogens is 428 g/mol. The van der Waals surface area contributed by atoms with Crippen molar-refractivity contribution in [2.45, 2.75) is 18.2 Å². The van der Waals surface area contributed by atoms with Gasteiger partial charge in [-0.1, -0.05) is 6.07 Å². The minimum absolute atomic E-state index is 0.112. The zero-order valence-corrected chi connectivity index (χ0v) is 18.3. The minimum Gasteiger partial charge on any atom is -0.457 e. The molecule has 2 aromatic carbocycles. The number of hydrogen-bond donors (Lipinski definition) is 1. The number of carbonyl (C=O) groups is 1. The fourth-order valence-electron chi connectivity index (χ4n) is 3.76. The summed E-state index contributed by atoms with van der Waals surface area (Å²) in [6.45, 7) is 1.92. The van der Waals surface area contributed by atoms with Crippen LogP contribution in [-0.4, -0.2) is 34.8 Å². The molecule has 0 radical (unpaired) electrons. The molecule has 1 aliphatic heterocycles. The summed E-state index contributed by atoms with van der Waals surface area (Å²) in [6, 6.07) is 11.9. The van der Waals surface area contributed by atoms with Crippen molar-refractivity contribution in [2.75, 3.05) is 11.1 Å². The summed E-state index contributed by atoms with van der Waals surface area (Å²) in [5.41, 5.74) is 2.72. The van der Waals surface area contributed by atoms with Crippen molar-refractivity contribution in [3.8, 4) is 11.5 Å². The van der Waals surface area contributed by atoms with Gasteiger partial charge in [-0.15, -0.1) is 0 Å². The molecule has 0 saturated carbocycles. The molecule has 0 aliphatic carbocycles. The second kappa shape index (κ2) is 7.45. The lowest BCUT2D eigenvalue weighted by Gasteiger charge is -2.11. The van der Waals surface area contributed by atoms with E-state index in [1.165, 1.54) is 0 Å². The van der Waals surface area contributed by atoms with E-state index in [-0.39, 0.29) is 11.7 Å². The van der Waals surface area contributed by atoms with Crippen molar-refractivity contribution >= 4 is 32.5 Å². The Kier molecular flexibility index (Phi) is 4.70. The van der Waals surface area contributed by atoms with Crippen LogP contribution < -0.4 is 10.1 Å². The van der Waals surface area contributed by atoms with E-state index in [1.807, 2.05) is 19.2 Å². The molecule has 9 heteroatoms. The van der Waals surface area contributed by atoms with E-state index < -0.39 is 9.84 Å². The van der Waals surface area contributed by atoms with Crippen molar-refractivity contribution in [1.82, 2.24) is 14.8 Å². The van der Waals surface area contributed by atoms with Crippen LogP contribution in [0.5, 0.6) is 11.5 Å². The quantitative estimate of drug-likeness (QED) is 0.511. The van der Waals surface area contributed by atoms with E-state index in [1.54, 1.807) is 54.3 Å². The van der Waals surface area contributed by atoms with Gasteiger partial charge in [0, 0.05) is 25.0 Å². The topological polar surface area (TPSA) is 103 Å². The van der Waals surface area contributed by atoms with Gasteiger partial charge in [0.05, 0.1) is 21.6 Å². The van der Waals surface area contributed by atoms with Crippen molar-refractivity contribution in [1.29, 1.82) is 0 Å². The standard InChI is InChI=1S/C23H20N4O4S/c1-14-3-6-22(24-12-14)25-23(28)16-10-19-18(13-27(2)26-19)20(11-16)31-17-4-5-21-15(9-17)7-8-32(21,29)30/h3-6,9-13H,7-8H2,1-2H3,(H,24,25,28). The SMILES string of the molecule is Cc1ccc(NC(=O)c2cc(Oc3ccc4c(c3)CCS4(=O)=O)c3cn(C)nc3c2)nc1. The third-order valence-electron chi connectivity index (χ3n) is 5.35. The lowest BCUT2D eigenvalue weighted by Crippen LogP contribution is -2.13. The number of nitrogens with one attached hydrogen (secondary N) is 1. The number of fused-ring (bicyclic) bond motifs is 2. The molecule has 0 atom stereocenters. The molecule has 0 unspecified atom stereocenters. The Bertz CT molecular complexity index is 1470. The first-order chi connectivity index (χ1) is 15.3. The van der Waals surface area contributed by atoms with Crippen LogP contribution in [0.2, 0.25) is 0 Å². The Morgan fingerprint density at radius 3 is 2.78 bits per heavy atom. The van der Waals surface area contributed by atoms with E-state index >= 15 is 0 Å². The molecular formula is C23H20N4O4S. The summed E-state index contributed by atoms with van der Waals surface area (Å²) in [6.07, 6.45) is 3.95. The van der Waals surface area contributed by atoms with Crippen LogP contribution in [0.25, 0.3) is 10.9 Å². The molecule has 162 valence electrons. The van der Waals surface area contributed by atoms with Gasteiger partial charge < -0.3 is 10.1 Å². The molecule has 4 aromatic rings. The van der Waals surface area contributed by atoms with Gasteiger partial charge in [-0.05, 0) is 60.9 Å². The summed E-state index contributed by atoms with van der Waals surface area (Å²) < 4.78 is 31.9. The highest BCUT2D eigenvalue weighted by Gasteiger charge is 2.26. The number of sulfone groups is 1. The van der Waals surface area contributed by atoms with Crippen LogP contribution >= 0.6 is 0 Å². The maximum atomic E-state index is 12.9. The first-order valence-corrected chi connectivity index (χ1v) is 11.7. The van der Waals surface area contributed by atoms with Gasteiger partial charge in [-0.25, -0.2) is 13.4 Å². The molecule has 1 N–H and O–H groups in total. The van der Waals surface area contributed by atoms with E-state index in [9.17, 15) is 13.2 Å². The van der Waals surface area contributed by atoms with Gasteiger partial charge in [0.1, 0.15) is 17.3 Å². The minimum atomic E-state index is -3.20. The monoisotopic (exact) mass is 448 g/mol. The normalized spacial score (nSPS) is 14.3. The number of aryl methyl sites for hydroxylation is 3. The molecule has 0 spiro atoms. The van der Waals surface area contributed by atoms with Crippen molar-refractivity contribution in [3.05, 3.63) is 71.5 Å². The number of nitrogens with zero attached hydrogens (tertiary/aromatic N) is 3. The maximum absolute atomic E-state index is 12.9. The van der Waals surface area contributed by atoms with Gasteiger partial charge in [-0.2, -0.15) is 5.10 Å². The molecule has 2 aromatic heterocycles. The Labute approximate surface area is 184 Å². The van der Waals surface area contributed by atoms with E-state index in [2.05, 4.69) is 15.4 Å². The number of hydrogen-bond acceptors (Lipinski definition) is 6. The summed E-state index contributed by atoms with van der Waals surface area (Å²) in [4.78, 5) is 17.4. The highest BCUT2D eigenvalue weighted by atomic mass is 32.2. The second-order valence-electron chi connectivity index (χ2n) is 7.83. The summed E-state index contributed by atoms with van der Waals surface area (Å²) >= 11 is 0. The number of anilines is 1. The molecule has 3 heterocycles. The third-order valence-corrected chi connectivity index (χ3v) is 7.16. The number of carbonyl (C=O) groups excluding carboxylic acids is 1. The Balaban J connectivity index is 1.50. The molecule has 0 saturated heterocycles. The number of rotatable bonds is 4. The average Bonchev–Trinajstić information content (AvgIpc) is 3.28. The predicted molar refractivity (Wildman–Crippen MR) is 120 cm³/mol. The predicted octanol–water partition coefficient (Wildman–Crippen LogP) is 3.65. The first-order valence-electron chi connectivity index (χ1n) is 10.0. The van der Waals surface area contributed by atoms with Gasteiger partial charge in [-0.3, -0.25) is 9.48 Å². The Morgan fingerprint density at radius 1 is 1.16 bits per heavy atom. The van der Waals surface area contributed by atoms with E-state index in [4.69, 9.17) is 4.74 Å². The number of aromatic nitrogens is 3. The first kappa shape index (κ1) is 20.2. The zero-order valence-electron chi connectivity index (χ0n) is 17.5. The van der Waals surface area contributed by atoms with Crippen LogP contribution in [0.4, 0.5) is 5.82 Å². The molecule has 5 rings (SSSR count). The second-order valence-corrected chi connectivity index (χ2v) is 9.90. The largest absolute Gasteiger partial charge is 0.457 e. The van der Waals surface area contributed by atoms with Crippen LogP contribution in [0, 0.1) is 6.92 Å². The van der Waals surface area contributed by atoms with Crippen molar-refractivity contribution < 1.29 is 17.9 Å². The van der Waals surface area contributed by atoms with Crippen molar-refractivity contribution in [2.24, 2.45) is 7.05 Å². The Morgan fingerprint density at radius 2 is 2.00 bits per heavy atom. The molecule has 0 fully saturated rings. The van der Waals surface area contributed by atoms with Crippen LogP contribution in [0.15, 0.2) is 59.8 Å². The Hall–Kier alpha value is -3.72. The van der Waals surface area contributed by atoms with Gasteiger partial charge in [0.2, 0.25) is 0 Å². The summed E-state index contributed by atoms with van der Waals surface area (Å²) in [5, 5.41) is 7.94. The summed E-state index contributed by atoms with van der Waals surface area (Å²) in [5.74, 6) is 1.19. The highest BCUT2D eigenvalue weighted by Crippen LogP contribution is 2.34. The smallest absolute Gasteiger partial charge is 0.257 e. The van der Waals surface area contributed by atoms with Gasteiger partial charge in [0.15, 0.2) is 9.84 Å². The van der Waals surface area contributed by atoms with E-state index in [0.717, 1.165) is 16.5 Å². The maximum Gasteiger partial charge on any atom is 0.257 e. The van der Waals surface area contributed by atoms with Crippen LogP contribution in [-0.2, 0) is 23.3 Å². The highest BCUT2D eigenvalue weighted by molar-refractivity contribution is 7.91. The number of amides is 1. The van der Waals surface area contributed by atoms with E-state index in [0.29, 0.717) is 39.7 Å². The zero-order chi connectivity index (χ0) is 22.5. The third kappa shape index (κ3) is 3.71. The molecule has 32 heavy (non-hydrogen) atoms. The number of pyridine rings is 1. The molecule has 1 aliphatic rings. The fraction of sp³-hybridized carbons (Fsp3) is 0.174. The lowest BCUT2D eigenvalue weighted by atomic mass is 10.1. The fourth-order valence-corrected chi connectivity index (χ4v) is 5.30. The number of ether oxygens (including phenoxy) is 1. The van der Waals surface area contributed by atoms with Crippen LogP contribution in [0.1, 0.15) is 21.5 Å². The van der Waals surface area contributed by atoms with Gasteiger partial charge in [0.25, 0.3) is 5.91 Å². The molecule has 0 bridgehead atoms. The van der Waals surface area contributed by atoms with Crippen molar-refractivity contribution in [3.63, 3.8) is 0 Å². The average molecular weight is 449 g/mol. The molecule has 8 nitrogen and oxygen atoms in total. The summed E-state index contributed by atoms with van der Waals surface area (Å²) in [7, 11) is -1.41. The number of benzene rings is 2. The molecule has 1 amide bonds. The van der Waals surface area contributed by atoms with Gasteiger partial charge >= 0.3 is 0 Å².